The maximum absolute atomic E-state index is 13.2. The van der Waals surface area contributed by atoms with E-state index in [-0.39, 0.29) is 6.04 Å². The van der Waals surface area contributed by atoms with Gasteiger partial charge in [0.1, 0.15) is 5.69 Å². The average Bonchev–Trinajstić information content (AvgIpc) is 2.95. The number of aromatic nitrogens is 3. The summed E-state index contributed by atoms with van der Waals surface area (Å²) in [7, 11) is 0. The lowest BCUT2D eigenvalue weighted by Gasteiger charge is -2.20. The number of nitrogens with two attached hydrogens (primary N) is 1. The maximum Gasteiger partial charge on any atom is 0.433 e. The lowest BCUT2D eigenvalue weighted by molar-refractivity contribution is -0.140. The molecule has 4 rings (SSSR count). The van der Waals surface area contributed by atoms with Crippen molar-refractivity contribution >= 4 is 10.9 Å². The van der Waals surface area contributed by atoms with E-state index in [9.17, 15) is 13.2 Å². The number of nitrogens with zero attached hydrogens (tertiary/aromatic N) is 3. The third-order valence-electron chi connectivity index (χ3n) is 4.40. The Morgan fingerprint density at radius 2 is 2.00 bits per heavy atom. The normalized spacial score (nSPS) is 17.9. The molecule has 4 nitrogen and oxygen atoms in total. The topological polar surface area (TPSA) is 56.7 Å². The summed E-state index contributed by atoms with van der Waals surface area (Å²) in [6.45, 7) is 0. The van der Waals surface area contributed by atoms with E-state index in [2.05, 4.69) is 10.1 Å². The summed E-state index contributed by atoms with van der Waals surface area (Å²) in [6, 6.07) is 7.96. The number of pyridine rings is 1. The summed E-state index contributed by atoms with van der Waals surface area (Å²) < 4.78 is 41.3. The van der Waals surface area contributed by atoms with Crippen molar-refractivity contribution in [3.8, 4) is 5.69 Å². The minimum absolute atomic E-state index is 0.0788. The fourth-order valence-corrected chi connectivity index (χ4v) is 3.24. The molecule has 0 saturated carbocycles. The highest BCUT2D eigenvalue weighted by atomic mass is 19.4. The van der Waals surface area contributed by atoms with Crippen LogP contribution in [0.3, 0.4) is 0 Å². The zero-order valence-corrected chi connectivity index (χ0v) is 12.7. The predicted octanol–water partition coefficient (Wildman–Crippen LogP) is 3.26. The largest absolute Gasteiger partial charge is 0.433 e. The fraction of sp³-hybridized carbons (Fsp3) is 0.294. The zero-order chi connectivity index (χ0) is 16.9. The Balaban J connectivity index is 1.97. The Morgan fingerprint density at radius 1 is 1.21 bits per heavy atom. The Labute approximate surface area is 136 Å². The van der Waals surface area contributed by atoms with Crippen molar-refractivity contribution in [2.75, 3.05) is 0 Å². The molecule has 0 aliphatic heterocycles. The van der Waals surface area contributed by atoms with Crippen LogP contribution < -0.4 is 5.73 Å². The van der Waals surface area contributed by atoms with Gasteiger partial charge in [-0.1, -0.05) is 18.2 Å². The highest BCUT2D eigenvalue weighted by molar-refractivity contribution is 5.87. The number of halogens is 3. The van der Waals surface area contributed by atoms with Crippen LogP contribution in [0.5, 0.6) is 0 Å². The smallest absolute Gasteiger partial charge is 0.327 e. The van der Waals surface area contributed by atoms with E-state index < -0.39 is 11.9 Å². The molecule has 0 radical (unpaired) electrons. The van der Waals surface area contributed by atoms with Crippen molar-refractivity contribution < 1.29 is 13.2 Å². The first-order valence-electron chi connectivity index (χ1n) is 7.72. The molecule has 1 aromatic carbocycles. The molecule has 0 spiro atoms. The summed E-state index contributed by atoms with van der Waals surface area (Å²) in [5.74, 6) is 0. The van der Waals surface area contributed by atoms with Gasteiger partial charge in [0.05, 0.1) is 17.4 Å². The first kappa shape index (κ1) is 15.1. The van der Waals surface area contributed by atoms with Gasteiger partial charge in [0.15, 0.2) is 0 Å². The summed E-state index contributed by atoms with van der Waals surface area (Å²) in [5, 5.41) is 4.99. The SMILES string of the molecule is NC1CCc2c(cnn2-c2cc(C(F)(F)F)nc3ccccc23)C1. The summed E-state index contributed by atoms with van der Waals surface area (Å²) in [5.41, 5.74) is 7.71. The summed E-state index contributed by atoms with van der Waals surface area (Å²) >= 11 is 0. The standard InChI is InChI=1S/C17H15F3N4/c18-17(19,20)16-8-15(12-3-1-2-4-13(12)23-16)24-14-6-5-11(21)7-10(14)9-22-24/h1-4,8-9,11H,5-7,21H2. The number of rotatable bonds is 1. The van der Waals surface area contributed by atoms with Crippen LogP contribution in [0.25, 0.3) is 16.6 Å². The highest BCUT2D eigenvalue weighted by Crippen LogP contribution is 2.33. The number of hydrogen-bond donors (Lipinski definition) is 1. The molecule has 1 aliphatic rings. The molecular formula is C17H15F3N4. The van der Waals surface area contributed by atoms with Crippen molar-refractivity contribution in [1.82, 2.24) is 14.8 Å². The molecule has 2 heterocycles. The summed E-state index contributed by atoms with van der Waals surface area (Å²) in [4.78, 5) is 3.76. The van der Waals surface area contributed by atoms with Gasteiger partial charge in [-0.2, -0.15) is 18.3 Å². The van der Waals surface area contributed by atoms with Gasteiger partial charge >= 0.3 is 6.18 Å². The number of alkyl halides is 3. The second-order valence-corrected chi connectivity index (χ2v) is 6.07. The minimum Gasteiger partial charge on any atom is -0.327 e. The van der Waals surface area contributed by atoms with E-state index in [1.54, 1.807) is 35.1 Å². The lowest BCUT2D eigenvalue weighted by Crippen LogP contribution is -2.28. The van der Waals surface area contributed by atoms with Crippen LogP contribution in [0.15, 0.2) is 36.5 Å². The molecule has 0 fully saturated rings. The van der Waals surface area contributed by atoms with E-state index in [4.69, 9.17) is 5.73 Å². The van der Waals surface area contributed by atoms with Crippen molar-refractivity contribution in [1.29, 1.82) is 0 Å². The van der Waals surface area contributed by atoms with Crippen molar-refractivity contribution in [3.63, 3.8) is 0 Å². The van der Waals surface area contributed by atoms with Crippen molar-refractivity contribution in [2.24, 2.45) is 5.73 Å². The van der Waals surface area contributed by atoms with Crippen LogP contribution in [0.1, 0.15) is 23.4 Å². The second-order valence-electron chi connectivity index (χ2n) is 6.07. The lowest BCUT2D eigenvalue weighted by atomic mass is 9.94. The van der Waals surface area contributed by atoms with Crippen molar-refractivity contribution in [3.05, 3.63) is 53.5 Å². The van der Waals surface area contributed by atoms with Gasteiger partial charge in [-0.15, -0.1) is 0 Å². The monoisotopic (exact) mass is 332 g/mol. The highest BCUT2D eigenvalue weighted by Gasteiger charge is 2.34. The molecule has 0 saturated heterocycles. The molecule has 124 valence electrons. The number of hydrogen-bond acceptors (Lipinski definition) is 3. The van der Waals surface area contributed by atoms with E-state index >= 15 is 0 Å². The van der Waals surface area contributed by atoms with Crippen LogP contribution in [0.2, 0.25) is 0 Å². The molecule has 2 N–H and O–H groups in total. The van der Waals surface area contributed by atoms with Gasteiger partial charge in [0, 0.05) is 17.1 Å². The van der Waals surface area contributed by atoms with Crippen molar-refractivity contribution in [2.45, 2.75) is 31.5 Å². The molecule has 7 heteroatoms. The molecule has 3 aromatic rings. The van der Waals surface area contributed by atoms with Crippen LogP contribution in [0, 0.1) is 0 Å². The van der Waals surface area contributed by atoms with Crippen LogP contribution in [0.4, 0.5) is 13.2 Å². The average molecular weight is 332 g/mol. The van der Waals surface area contributed by atoms with Gasteiger partial charge in [0.25, 0.3) is 0 Å². The molecule has 1 atom stereocenters. The van der Waals surface area contributed by atoms with E-state index in [1.807, 2.05) is 0 Å². The third kappa shape index (κ3) is 2.45. The Kier molecular flexibility index (Phi) is 3.35. The molecule has 24 heavy (non-hydrogen) atoms. The molecule has 1 unspecified atom stereocenters. The molecule has 2 aromatic heterocycles. The first-order chi connectivity index (χ1) is 11.4. The minimum atomic E-state index is -4.51. The number of para-hydroxylation sites is 1. The summed E-state index contributed by atoms with van der Waals surface area (Å²) in [6.07, 6.45) is -0.599. The quantitative estimate of drug-likeness (QED) is 0.744. The maximum atomic E-state index is 13.2. The zero-order valence-electron chi connectivity index (χ0n) is 12.7. The molecule has 0 amide bonds. The van der Waals surface area contributed by atoms with E-state index in [0.717, 1.165) is 23.7 Å². The number of benzene rings is 1. The number of fused-ring (bicyclic) bond motifs is 2. The van der Waals surface area contributed by atoms with Gasteiger partial charge < -0.3 is 5.73 Å². The Hall–Kier alpha value is -2.41. The van der Waals surface area contributed by atoms with Gasteiger partial charge in [-0.3, -0.25) is 0 Å². The van der Waals surface area contributed by atoms with Crippen LogP contribution in [-0.4, -0.2) is 20.8 Å². The van der Waals surface area contributed by atoms with E-state index in [0.29, 0.717) is 29.4 Å². The van der Waals surface area contributed by atoms with Crippen LogP contribution in [-0.2, 0) is 19.0 Å². The van der Waals surface area contributed by atoms with Crippen LogP contribution >= 0.6 is 0 Å². The molecule has 1 aliphatic carbocycles. The fourth-order valence-electron chi connectivity index (χ4n) is 3.24. The van der Waals surface area contributed by atoms with Gasteiger partial charge in [-0.05, 0) is 37.0 Å². The Morgan fingerprint density at radius 3 is 2.79 bits per heavy atom. The Bertz CT molecular complexity index is 914. The van der Waals surface area contributed by atoms with E-state index in [1.165, 1.54) is 0 Å². The predicted molar refractivity (Wildman–Crippen MR) is 83.9 cm³/mol. The van der Waals surface area contributed by atoms with Gasteiger partial charge in [0.2, 0.25) is 0 Å². The second kappa shape index (κ2) is 5.31. The first-order valence-corrected chi connectivity index (χ1v) is 7.72. The molecular weight excluding hydrogens is 317 g/mol. The third-order valence-corrected chi connectivity index (χ3v) is 4.40. The molecule has 0 bridgehead atoms. The van der Waals surface area contributed by atoms with Gasteiger partial charge in [-0.25, -0.2) is 9.67 Å².